The molecule has 0 spiro atoms. The second-order valence-corrected chi connectivity index (χ2v) is 4.24. The smallest absolute Gasteiger partial charge is 0.0295 e. The normalized spacial score (nSPS) is 12.6. The number of hydrogen-bond acceptors (Lipinski definition) is 1. The molecule has 1 aromatic carbocycles. The fourth-order valence-electron chi connectivity index (χ4n) is 1.80. The monoisotopic (exact) mass is 214 g/mol. The predicted octanol–water partition coefficient (Wildman–Crippen LogP) is 3.17. The molecular formula is C14H18N2. The Labute approximate surface area is 96.7 Å². The molecule has 84 valence electrons. The quantitative estimate of drug-likeness (QED) is 0.803. The summed E-state index contributed by atoms with van der Waals surface area (Å²) in [4.78, 5) is 3.06. The van der Waals surface area contributed by atoms with Crippen molar-refractivity contribution in [3.05, 3.63) is 59.4 Å². The highest BCUT2D eigenvalue weighted by atomic mass is 14.9. The van der Waals surface area contributed by atoms with Crippen LogP contribution in [0.4, 0.5) is 0 Å². The van der Waals surface area contributed by atoms with Gasteiger partial charge in [0.25, 0.3) is 0 Å². The molecule has 1 atom stereocenters. The van der Waals surface area contributed by atoms with Gasteiger partial charge in [0.1, 0.15) is 0 Å². The van der Waals surface area contributed by atoms with Crippen LogP contribution in [0.15, 0.2) is 42.7 Å². The summed E-state index contributed by atoms with van der Waals surface area (Å²) in [7, 11) is 0. The number of nitrogens with one attached hydrogen (secondary N) is 2. The maximum Gasteiger partial charge on any atom is 0.0295 e. The summed E-state index contributed by atoms with van der Waals surface area (Å²) >= 11 is 0. The average molecular weight is 214 g/mol. The summed E-state index contributed by atoms with van der Waals surface area (Å²) in [6, 6.07) is 11.1. The van der Waals surface area contributed by atoms with E-state index < -0.39 is 0 Å². The number of rotatable bonds is 4. The van der Waals surface area contributed by atoms with Crippen molar-refractivity contribution < 1.29 is 0 Å². The van der Waals surface area contributed by atoms with E-state index >= 15 is 0 Å². The molecule has 1 aromatic heterocycles. The van der Waals surface area contributed by atoms with Gasteiger partial charge in [-0.25, -0.2) is 0 Å². The molecule has 16 heavy (non-hydrogen) atoms. The van der Waals surface area contributed by atoms with Gasteiger partial charge in [0.15, 0.2) is 0 Å². The minimum atomic E-state index is 0.384. The number of H-pyrrole nitrogens is 1. The van der Waals surface area contributed by atoms with Crippen molar-refractivity contribution in [3.8, 4) is 0 Å². The van der Waals surface area contributed by atoms with Crippen LogP contribution in [-0.2, 0) is 6.54 Å². The van der Waals surface area contributed by atoms with E-state index in [1.54, 1.807) is 0 Å². The number of aromatic amines is 1. The third-order valence-electron chi connectivity index (χ3n) is 2.82. The highest BCUT2D eigenvalue weighted by molar-refractivity contribution is 5.24. The lowest BCUT2D eigenvalue weighted by atomic mass is 10.1. The summed E-state index contributed by atoms with van der Waals surface area (Å²) in [5.74, 6) is 0. The zero-order valence-electron chi connectivity index (χ0n) is 9.83. The molecular weight excluding hydrogens is 196 g/mol. The van der Waals surface area contributed by atoms with E-state index in [2.05, 4.69) is 54.5 Å². The molecule has 0 amide bonds. The van der Waals surface area contributed by atoms with Crippen molar-refractivity contribution in [3.63, 3.8) is 0 Å². The standard InChI is InChI=1S/C14H18N2/c1-11-4-3-5-14(8-11)12(2)16-10-13-6-7-15-9-13/h3-9,12,15-16H,10H2,1-2H3/t12-/m1/s1. The molecule has 0 saturated carbocycles. The van der Waals surface area contributed by atoms with Crippen molar-refractivity contribution in [2.45, 2.75) is 26.4 Å². The van der Waals surface area contributed by atoms with E-state index in [9.17, 15) is 0 Å². The Morgan fingerprint density at radius 1 is 1.31 bits per heavy atom. The SMILES string of the molecule is Cc1cccc([C@@H](C)NCc2cc[nH]c2)c1. The molecule has 0 saturated heterocycles. The molecule has 1 heterocycles. The lowest BCUT2D eigenvalue weighted by Gasteiger charge is -2.14. The largest absolute Gasteiger partial charge is 0.367 e. The second-order valence-electron chi connectivity index (χ2n) is 4.24. The van der Waals surface area contributed by atoms with E-state index in [1.807, 2.05) is 12.4 Å². The molecule has 2 rings (SSSR count). The van der Waals surface area contributed by atoms with Crippen LogP contribution >= 0.6 is 0 Å². The predicted molar refractivity (Wildman–Crippen MR) is 67.2 cm³/mol. The summed E-state index contributed by atoms with van der Waals surface area (Å²) in [5, 5.41) is 3.51. The molecule has 2 aromatic rings. The molecule has 0 aliphatic carbocycles. The molecule has 0 radical (unpaired) electrons. The van der Waals surface area contributed by atoms with Crippen molar-refractivity contribution in [2.75, 3.05) is 0 Å². The first-order valence-electron chi connectivity index (χ1n) is 5.67. The van der Waals surface area contributed by atoms with Gasteiger partial charge in [-0.05, 0) is 31.0 Å². The Morgan fingerprint density at radius 3 is 2.88 bits per heavy atom. The Morgan fingerprint density at radius 2 is 2.19 bits per heavy atom. The van der Waals surface area contributed by atoms with E-state index in [0.29, 0.717) is 6.04 Å². The fraction of sp³-hybridized carbons (Fsp3) is 0.286. The van der Waals surface area contributed by atoms with Gasteiger partial charge in [-0.1, -0.05) is 29.8 Å². The summed E-state index contributed by atoms with van der Waals surface area (Å²) < 4.78 is 0. The van der Waals surface area contributed by atoms with Crippen LogP contribution in [0, 0.1) is 6.92 Å². The van der Waals surface area contributed by atoms with Gasteiger partial charge >= 0.3 is 0 Å². The van der Waals surface area contributed by atoms with E-state index in [4.69, 9.17) is 0 Å². The Kier molecular flexibility index (Phi) is 3.42. The third kappa shape index (κ3) is 2.74. The van der Waals surface area contributed by atoms with E-state index in [-0.39, 0.29) is 0 Å². The van der Waals surface area contributed by atoms with Crippen LogP contribution in [0.5, 0.6) is 0 Å². The summed E-state index contributed by atoms with van der Waals surface area (Å²) in [6.07, 6.45) is 3.98. The molecule has 0 fully saturated rings. The highest BCUT2D eigenvalue weighted by Crippen LogP contribution is 2.14. The Balaban J connectivity index is 1.95. The van der Waals surface area contributed by atoms with Gasteiger partial charge in [0, 0.05) is 25.0 Å². The van der Waals surface area contributed by atoms with Crippen molar-refractivity contribution in [1.82, 2.24) is 10.3 Å². The zero-order valence-corrected chi connectivity index (χ0v) is 9.83. The fourth-order valence-corrected chi connectivity index (χ4v) is 1.80. The van der Waals surface area contributed by atoms with Gasteiger partial charge in [0.2, 0.25) is 0 Å². The molecule has 0 bridgehead atoms. The molecule has 0 aliphatic heterocycles. The summed E-state index contributed by atoms with van der Waals surface area (Å²) in [5.41, 5.74) is 3.95. The van der Waals surface area contributed by atoms with Crippen molar-refractivity contribution >= 4 is 0 Å². The van der Waals surface area contributed by atoms with Gasteiger partial charge in [-0.15, -0.1) is 0 Å². The first-order chi connectivity index (χ1) is 7.75. The first kappa shape index (κ1) is 11.0. The first-order valence-corrected chi connectivity index (χ1v) is 5.67. The van der Waals surface area contributed by atoms with Gasteiger partial charge in [-0.3, -0.25) is 0 Å². The molecule has 2 nitrogen and oxygen atoms in total. The van der Waals surface area contributed by atoms with Gasteiger partial charge < -0.3 is 10.3 Å². The molecule has 2 heteroatoms. The van der Waals surface area contributed by atoms with Gasteiger partial charge in [0.05, 0.1) is 0 Å². The maximum absolute atomic E-state index is 3.51. The zero-order chi connectivity index (χ0) is 11.4. The molecule has 0 unspecified atom stereocenters. The molecule has 0 aliphatic rings. The number of hydrogen-bond donors (Lipinski definition) is 2. The minimum absolute atomic E-state index is 0.384. The third-order valence-corrected chi connectivity index (χ3v) is 2.82. The lowest BCUT2D eigenvalue weighted by Crippen LogP contribution is -2.17. The van der Waals surface area contributed by atoms with E-state index in [0.717, 1.165) is 6.54 Å². The van der Waals surface area contributed by atoms with Crippen LogP contribution in [-0.4, -0.2) is 4.98 Å². The number of aryl methyl sites for hydroxylation is 1. The van der Waals surface area contributed by atoms with Gasteiger partial charge in [-0.2, -0.15) is 0 Å². The van der Waals surface area contributed by atoms with Crippen molar-refractivity contribution in [2.24, 2.45) is 0 Å². The van der Waals surface area contributed by atoms with Crippen LogP contribution in [0.2, 0.25) is 0 Å². The second kappa shape index (κ2) is 4.99. The highest BCUT2D eigenvalue weighted by Gasteiger charge is 2.04. The maximum atomic E-state index is 3.51. The van der Waals surface area contributed by atoms with Crippen LogP contribution in [0.1, 0.15) is 29.7 Å². The van der Waals surface area contributed by atoms with Crippen molar-refractivity contribution in [1.29, 1.82) is 0 Å². The topological polar surface area (TPSA) is 27.8 Å². The van der Waals surface area contributed by atoms with Crippen LogP contribution < -0.4 is 5.32 Å². The lowest BCUT2D eigenvalue weighted by molar-refractivity contribution is 0.574. The number of aromatic nitrogens is 1. The Hall–Kier alpha value is -1.54. The van der Waals surface area contributed by atoms with Crippen LogP contribution in [0.25, 0.3) is 0 Å². The van der Waals surface area contributed by atoms with Crippen LogP contribution in [0.3, 0.4) is 0 Å². The average Bonchev–Trinajstić information content (AvgIpc) is 2.78. The molecule has 2 N–H and O–H groups in total. The summed E-state index contributed by atoms with van der Waals surface area (Å²) in [6.45, 7) is 5.22. The number of benzene rings is 1. The van der Waals surface area contributed by atoms with E-state index in [1.165, 1.54) is 16.7 Å². The minimum Gasteiger partial charge on any atom is -0.367 e. The Bertz CT molecular complexity index is 432.